The number of fused-ring (bicyclic) bond motifs is 3. The van der Waals surface area contributed by atoms with Crippen LogP contribution in [0.3, 0.4) is 0 Å². The first-order chi connectivity index (χ1) is 22.0. The summed E-state index contributed by atoms with van der Waals surface area (Å²) >= 11 is 0. The van der Waals surface area contributed by atoms with Gasteiger partial charge in [0.1, 0.15) is 0 Å². The standard InChI is InChI=1S/C45H50O/c1-27(2)33-13-10-30(7)40-18-16-36(42(40)22-33)20-38-21-39(44-24-35(29(5)6)15-12-32(9)45(38)44)26-46-25-37-17-19-41-31(8)11-14-34(28(3)4)23-43(37)41/h10-19,21-24,27-29H,20,25-26H2,1-9H3. The Morgan fingerprint density at radius 3 is 1.41 bits per heavy atom. The van der Waals surface area contributed by atoms with Crippen LogP contribution in [0.25, 0.3) is 33.4 Å². The Bertz CT molecular complexity index is 1900. The van der Waals surface area contributed by atoms with Crippen molar-refractivity contribution in [2.45, 2.75) is 99.7 Å². The molecule has 0 saturated heterocycles. The van der Waals surface area contributed by atoms with Crippen molar-refractivity contribution in [2.24, 2.45) is 0 Å². The van der Waals surface area contributed by atoms with Gasteiger partial charge < -0.3 is 4.74 Å². The van der Waals surface area contributed by atoms with Gasteiger partial charge in [0.05, 0.1) is 13.2 Å². The number of ether oxygens (including phenoxy) is 1. The number of hydrogen-bond donors (Lipinski definition) is 0. The van der Waals surface area contributed by atoms with E-state index in [1.54, 1.807) is 0 Å². The first-order valence-corrected chi connectivity index (χ1v) is 17.2. The third-order valence-corrected chi connectivity index (χ3v) is 10.1. The lowest BCUT2D eigenvalue weighted by Crippen LogP contribution is -1.95. The zero-order chi connectivity index (χ0) is 32.7. The van der Waals surface area contributed by atoms with Gasteiger partial charge >= 0.3 is 0 Å². The third kappa shape index (κ3) is 6.23. The van der Waals surface area contributed by atoms with Gasteiger partial charge in [0.2, 0.25) is 0 Å². The summed E-state index contributed by atoms with van der Waals surface area (Å²) in [5.74, 6) is 1.42. The quantitative estimate of drug-likeness (QED) is 0.159. The molecular weight excluding hydrogens is 556 g/mol. The monoisotopic (exact) mass is 606 g/mol. The van der Waals surface area contributed by atoms with Crippen molar-refractivity contribution >= 4 is 0 Å². The molecule has 0 heterocycles. The average molecular weight is 607 g/mol. The van der Waals surface area contributed by atoms with Crippen molar-refractivity contribution in [3.8, 4) is 33.4 Å². The fraction of sp³-hybridized carbons (Fsp3) is 0.333. The Kier molecular flexibility index (Phi) is 9.08. The summed E-state index contributed by atoms with van der Waals surface area (Å²) in [6.07, 6.45) is 0.907. The van der Waals surface area contributed by atoms with Gasteiger partial charge in [-0.2, -0.15) is 0 Å². The normalized spacial score (nSPS) is 12.1. The van der Waals surface area contributed by atoms with Crippen molar-refractivity contribution in [3.63, 3.8) is 0 Å². The van der Waals surface area contributed by atoms with E-state index in [1.807, 2.05) is 0 Å². The minimum atomic E-state index is 0.452. The molecule has 0 atom stereocenters. The maximum atomic E-state index is 6.61. The molecule has 0 aromatic rings. The van der Waals surface area contributed by atoms with Gasteiger partial charge in [-0.05, 0) is 134 Å². The minimum Gasteiger partial charge on any atom is -0.372 e. The molecule has 6 aliphatic rings. The van der Waals surface area contributed by atoms with Crippen molar-refractivity contribution in [3.05, 3.63) is 141 Å². The summed E-state index contributed by atoms with van der Waals surface area (Å²) in [5, 5.41) is 0. The summed E-state index contributed by atoms with van der Waals surface area (Å²) in [6, 6.07) is 32.6. The van der Waals surface area contributed by atoms with Gasteiger partial charge in [0.15, 0.2) is 0 Å². The summed E-state index contributed by atoms with van der Waals surface area (Å²) in [4.78, 5) is 0. The van der Waals surface area contributed by atoms with Crippen molar-refractivity contribution in [1.29, 1.82) is 0 Å². The van der Waals surface area contributed by atoms with E-state index >= 15 is 0 Å². The molecule has 1 heteroatoms. The summed E-state index contributed by atoms with van der Waals surface area (Å²) in [7, 11) is 0. The minimum absolute atomic E-state index is 0.452. The Labute approximate surface area is 277 Å². The highest BCUT2D eigenvalue weighted by molar-refractivity contribution is 5.81. The van der Waals surface area contributed by atoms with E-state index in [2.05, 4.69) is 147 Å². The maximum Gasteiger partial charge on any atom is 0.0727 e. The Morgan fingerprint density at radius 2 is 0.870 bits per heavy atom. The van der Waals surface area contributed by atoms with Crippen LogP contribution in [0.1, 0.15) is 115 Å². The first kappa shape index (κ1) is 32.0. The van der Waals surface area contributed by atoms with Gasteiger partial charge in [0, 0.05) is 0 Å². The van der Waals surface area contributed by atoms with Crippen molar-refractivity contribution < 1.29 is 4.74 Å². The van der Waals surface area contributed by atoms with E-state index < -0.39 is 0 Å². The molecule has 236 valence electrons. The molecule has 0 fully saturated rings. The smallest absolute Gasteiger partial charge is 0.0727 e. The summed E-state index contributed by atoms with van der Waals surface area (Å²) in [5.41, 5.74) is 21.5. The highest BCUT2D eigenvalue weighted by Gasteiger charge is 2.22. The van der Waals surface area contributed by atoms with Crippen molar-refractivity contribution in [1.82, 2.24) is 0 Å². The second-order valence-corrected chi connectivity index (χ2v) is 14.5. The molecule has 6 aliphatic carbocycles. The molecule has 0 saturated carbocycles. The van der Waals surface area contributed by atoms with Crippen LogP contribution >= 0.6 is 0 Å². The molecule has 46 heavy (non-hydrogen) atoms. The third-order valence-electron chi connectivity index (χ3n) is 10.1. The molecule has 0 aromatic carbocycles. The van der Waals surface area contributed by atoms with Crippen LogP contribution in [0.15, 0.2) is 84.9 Å². The number of rotatable bonds is 9. The van der Waals surface area contributed by atoms with Gasteiger partial charge in [-0.25, -0.2) is 0 Å². The van der Waals surface area contributed by atoms with Crippen LogP contribution in [0.2, 0.25) is 0 Å². The Hall–Kier alpha value is -3.94. The van der Waals surface area contributed by atoms with E-state index in [9.17, 15) is 0 Å². The average Bonchev–Trinajstić information content (AvgIpc) is 3.57. The predicted molar refractivity (Wildman–Crippen MR) is 197 cm³/mol. The lowest BCUT2D eigenvalue weighted by Gasteiger charge is -2.10. The zero-order valence-corrected chi connectivity index (χ0v) is 29.3. The molecule has 0 spiro atoms. The molecule has 0 amide bonds. The fourth-order valence-electron chi connectivity index (χ4n) is 7.09. The van der Waals surface area contributed by atoms with Crippen LogP contribution in [0.5, 0.6) is 0 Å². The van der Waals surface area contributed by atoms with Crippen molar-refractivity contribution in [2.75, 3.05) is 0 Å². The number of aryl methyl sites for hydroxylation is 3. The van der Waals surface area contributed by atoms with E-state index in [1.165, 1.54) is 89.0 Å². The molecule has 0 aliphatic heterocycles. The van der Waals surface area contributed by atoms with Crippen LogP contribution in [0.4, 0.5) is 0 Å². The molecule has 0 unspecified atom stereocenters. The van der Waals surface area contributed by atoms with Gasteiger partial charge in [-0.1, -0.05) is 126 Å². The fourth-order valence-corrected chi connectivity index (χ4v) is 7.09. The lowest BCUT2D eigenvalue weighted by atomic mass is 9.95. The zero-order valence-electron chi connectivity index (χ0n) is 29.3. The van der Waals surface area contributed by atoms with Crippen LogP contribution < -0.4 is 0 Å². The molecular formula is C45H50O. The topological polar surface area (TPSA) is 9.23 Å². The Balaban J connectivity index is 1.36. The molecule has 0 radical (unpaired) electrons. The highest BCUT2D eigenvalue weighted by atomic mass is 16.5. The van der Waals surface area contributed by atoms with Crippen LogP contribution in [-0.2, 0) is 24.4 Å². The summed E-state index contributed by atoms with van der Waals surface area (Å²) < 4.78 is 6.61. The maximum absolute atomic E-state index is 6.61. The second-order valence-electron chi connectivity index (χ2n) is 14.5. The molecule has 0 N–H and O–H groups in total. The Morgan fingerprint density at radius 1 is 0.413 bits per heavy atom. The molecule has 0 aromatic heterocycles. The predicted octanol–water partition coefficient (Wildman–Crippen LogP) is 12.6. The van der Waals surface area contributed by atoms with E-state index in [4.69, 9.17) is 4.74 Å². The first-order valence-electron chi connectivity index (χ1n) is 17.2. The molecule has 0 bridgehead atoms. The van der Waals surface area contributed by atoms with E-state index in [0.29, 0.717) is 31.0 Å². The lowest BCUT2D eigenvalue weighted by molar-refractivity contribution is 0.108. The van der Waals surface area contributed by atoms with E-state index in [0.717, 1.165) is 6.42 Å². The second kappa shape index (κ2) is 13.0. The molecule has 6 rings (SSSR count). The van der Waals surface area contributed by atoms with Crippen LogP contribution in [-0.4, -0.2) is 0 Å². The highest BCUT2D eigenvalue weighted by Crippen LogP contribution is 2.41. The summed E-state index contributed by atoms with van der Waals surface area (Å²) in [6.45, 7) is 21.6. The SMILES string of the molecule is Cc1ccc(C(C)C)cc2c(COCc3cc(Cc4ccc5c(C)ccc(C(C)C)cc4-5)c4c(C)ccc(C(C)C)cc3-4)ccc1-2. The largest absolute Gasteiger partial charge is 0.372 e. The van der Waals surface area contributed by atoms with Gasteiger partial charge in [-0.3, -0.25) is 0 Å². The van der Waals surface area contributed by atoms with Crippen LogP contribution in [0, 0.1) is 20.8 Å². The number of hydrogen-bond acceptors (Lipinski definition) is 1. The molecule has 1 nitrogen and oxygen atoms in total. The van der Waals surface area contributed by atoms with E-state index in [-0.39, 0.29) is 0 Å². The van der Waals surface area contributed by atoms with Gasteiger partial charge in [0.25, 0.3) is 0 Å². The van der Waals surface area contributed by atoms with Gasteiger partial charge in [-0.15, -0.1) is 0 Å².